The number of nitrogens with zero attached hydrogens (tertiary/aromatic N) is 3. The Bertz CT molecular complexity index is 1010. The van der Waals surface area contributed by atoms with Crippen molar-refractivity contribution in [1.82, 2.24) is 9.97 Å². The quantitative estimate of drug-likeness (QED) is 0.748. The summed E-state index contributed by atoms with van der Waals surface area (Å²) in [6, 6.07) is 16.3. The molecule has 6 heteroatoms. The van der Waals surface area contributed by atoms with Crippen LogP contribution in [0, 0.1) is 25.2 Å². The Labute approximate surface area is 151 Å². The second-order valence-electron chi connectivity index (χ2n) is 5.86. The van der Waals surface area contributed by atoms with Crippen molar-refractivity contribution in [1.29, 1.82) is 5.26 Å². The first kappa shape index (κ1) is 17.1. The molecule has 1 aromatic heterocycles. The molecule has 2 aromatic carbocycles. The summed E-state index contributed by atoms with van der Waals surface area (Å²) in [6.45, 7) is 3.99. The minimum Gasteiger partial charge on any atom is -0.324 e. The summed E-state index contributed by atoms with van der Waals surface area (Å²) in [5.74, 6) is -0.0244. The Morgan fingerprint density at radius 2 is 1.96 bits per heavy atom. The number of aromatic nitrogens is 2. The number of rotatable bonds is 4. The minimum atomic E-state index is -0.369. The smallest absolute Gasteiger partial charge is 0.274 e. The van der Waals surface area contributed by atoms with E-state index in [0.717, 1.165) is 16.8 Å². The molecular formula is C20H17N5O. The summed E-state index contributed by atoms with van der Waals surface area (Å²) in [7, 11) is 0. The molecule has 0 unspecified atom stereocenters. The van der Waals surface area contributed by atoms with Gasteiger partial charge in [0.2, 0.25) is 5.95 Å². The third-order valence-corrected chi connectivity index (χ3v) is 3.78. The molecule has 0 saturated carbocycles. The van der Waals surface area contributed by atoms with E-state index in [-0.39, 0.29) is 11.6 Å². The van der Waals surface area contributed by atoms with Crippen LogP contribution >= 0.6 is 0 Å². The molecule has 0 aliphatic carbocycles. The van der Waals surface area contributed by atoms with Crippen LogP contribution in [0.5, 0.6) is 0 Å². The zero-order chi connectivity index (χ0) is 18.5. The lowest BCUT2D eigenvalue weighted by molar-refractivity contribution is 0.102. The standard InChI is InChI=1S/C20H17N5O/c1-13-6-7-14(2)18(10-13)25-20-22-9-8-17(24-20)19(26)23-16-5-3-4-15(11-16)12-21/h3-11H,1-2H3,(H,23,26)(H,22,24,25). The van der Waals surface area contributed by atoms with Crippen LogP contribution in [0.2, 0.25) is 0 Å². The predicted molar refractivity (Wildman–Crippen MR) is 100 cm³/mol. The summed E-state index contributed by atoms with van der Waals surface area (Å²) in [4.78, 5) is 20.9. The topological polar surface area (TPSA) is 90.7 Å². The molecule has 0 radical (unpaired) electrons. The van der Waals surface area contributed by atoms with E-state index in [0.29, 0.717) is 17.2 Å². The van der Waals surface area contributed by atoms with Gasteiger partial charge in [0.15, 0.2) is 0 Å². The second kappa shape index (κ2) is 7.45. The Kier molecular flexibility index (Phi) is 4.90. The summed E-state index contributed by atoms with van der Waals surface area (Å²) >= 11 is 0. The van der Waals surface area contributed by atoms with Crippen molar-refractivity contribution in [2.24, 2.45) is 0 Å². The van der Waals surface area contributed by atoms with Gasteiger partial charge < -0.3 is 10.6 Å². The maximum Gasteiger partial charge on any atom is 0.274 e. The number of hydrogen-bond acceptors (Lipinski definition) is 5. The van der Waals surface area contributed by atoms with Crippen LogP contribution in [0.1, 0.15) is 27.2 Å². The van der Waals surface area contributed by atoms with Crippen LogP contribution in [0.3, 0.4) is 0 Å². The first-order chi connectivity index (χ1) is 12.5. The zero-order valence-electron chi connectivity index (χ0n) is 14.4. The average molecular weight is 343 g/mol. The van der Waals surface area contributed by atoms with Gasteiger partial charge in [-0.15, -0.1) is 0 Å². The number of aryl methyl sites for hydroxylation is 2. The highest BCUT2D eigenvalue weighted by Gasteiger charge is 2.10. The lowest BCUT2D eigenvalue weighted by atomic mass is 10.1. The molecule has 0 saturated heterocycles. The molecule has 6 nitrogen and oxygen atoms in total. The zero-order valence-corrected chi connectivity index (χ0v) is 14.4. The molecule has 0 fully saturated rings. The van der Waals surface area contributed by atoms with Gasteiger partial charge in [0.1, 0.15) is 5.69 Å². The Morgan fingerprint density at radius 3 is 2.77 bits per heavy atom. The van der Waals surface area contributed by atoms with Crippen molar-refractivity contribution in [2.75, 3.05) is 10.6 Å². The lowest BCUT2D eigenvalue weighted by Crippen LogP contribution is -2.15. The first-order valence-corrected chi connectivity index (χ1v) is 8.04. The largest absolute Gasteiger partial charge is 0.324 e. The van der Waals surface area contributed by atoms with Gasteiger partial charge >= 0.3 is 0 Å². The van der Waals surface area contributed by atoms with E-state index in [1.165, 1.54) is 12.3 Å². The second-order valence-corrected chi connectivity index (χ2v) is 5.86. The number of amides is 1. The fourth-order valence-corrected chi connectivity index (χ4v) is 2.40. The van der Waals surface area contributed by atoms with Gasteiger partial charge in [-0.25, -0.2) is 9.97 Å². The van der Waals surface area contributed by atoms with Gasteiger partial charge in [-0.3, -0.25) is 4.79 Å². The number of benzene rings is 2. The normalized spacial score (nSPS) is 10.0. The fraction of sp³-hybridized carbons (Fsp3) is 0.100. The van der Waals surface area contributed by atoms with Crippen molar-refractivity contribution in [2.45, 2.75) is 13.8 Å². The fourth-order valence-electron chi connectivity index (χ4n) is 2.40. The maximum absolute atomic E-state index is 12.4. The number of nitriles is 1. The van der Waals surface area contributed by atoms with Crippen LogP contribution in [0.15, 0.2) is 54.7 Å². The van der Waals surface area contributed by atoms with Gasteiger partial charge in [-0.2, -0.15) is 5.26 Å². The van der Waals surface area contributed by atoms with E-state index in [1.54, 1.807) is 24.3 Å². The molecule has 0 spiro atoms. The molecule has 1 heterocycles. The molecule has 3 aromatic rings. The summed E-state index contributed by atoms with van der Waals surface area (Å²) < 4.78 is 0. The highest BCUT2D eigenvalue weighted by molar-refractivity contribution is 6.03. The summed E-state index contributed by atoms with van der Waals surface area (Å²) in [5, 5.41) is 14.8. The van der Waals surface area contributed by atoms with Gasteiger partial charge in [-0.05, 0) is 55.3 Å². The van der Waals surface area contributed by atoms with Crippen LogP contribution in [-0.2, 0) is 0 Å². The molecule has 128 valence electrons. The monoisotopic (exact) mass is 343 g/mol. The summed E-state index contributed by atoms with van der Waals surface area (Å²) in [6.07, 6.45) is 1.53. The van der Waals surface area contributed by atoms with Crippen LogP contribution in [-0.4, -0.2) is 15.9 Å². The highest BCUT2D eigenvalue weighted by Crippen LogP contribution is 2.20. The number of nitrogens with one attached hydrogen (secondary N) is 2. The summed E-state index contributed by atoms with van der Waals surface area (Å²) in [5.41, 5.74) is 4.31. The minimum absolute atomic E-state index is 0.232. The van der Waals surface area contributed by atoms with E-state index in [2.05, 4.69) is 20.6 Å². The van der Waals surface area contributed by atoms with Crippen molar-refractivity contribution in [3.63, 3.8) is 0 Å². The van der Waals surface area contributed by atoms with E-state index >= 15 is 0 Å². The average Bonchev–Trinajstić information content (AvgIpc) is 2.65. The van der Waals surface area contributed by atoms with E-state index in [1.807, 2.05) is 38.1 Å². The molecule has 0 aliphatic rings. The van der Waals surface area contributed by atoms with E-state index in [4.69, 9.17) is 5.26 Å². The number of carbonyl (C=O) groups excluding carboxylic acids is 1. The van der Waals surface area contributed by atoms with Gasteiger partial charge in [0.05, 0.1) is 11.6 Å². The predicted octanol–water partition coefficient (Wildman–Crippen LogP) is 3.96. The van der Waals surface area contributed by atoms with Gasteiger partial charge in [0.25, 0.3) is 5.91 Å². The van der Waals surface area contributed by atoms with Gasteiger partial charge in [-0.1, -0.05) is 18.2 Å². The van der Waals surface area contributed by atoms with Crippen molar-refractivity contribution >= 4 is 23.2 Å². The van der Waals surface area contributed by atoms with Crippen molar-refractivity contribution < 1.29 is 4.79 Å². The Morgan fingerprint density at radius 1 is 1.12 bits per heavy atom. The van der Waals surface area contributed by atoms with Crippen molar-refractivity contribution in [3.8, 4) is 6.07 Å². The molecule has 0 aliphatic heterocycles. The third kappa shape index (κ3) is 4.02. The number of carbonyl (C=O) groups is 1. The maximum atomic E-state index is 12.4. The van der Waals surface area contributed by atoms with Crippen LogP contribution in [0.25, 0.3) is 0 Å². The molecule has 0 atom stereocenters. The van der Waals surface area contributed by atoms with Crippen LogP contribution < -0.4 is 10.6 Å². The number of anilines is 3. The molecule has 3 rings (SSSR count). The van der Waals surface area contributed by atoms with Gasteiger partial charge in [0, 0.05) is 17.6 Å². The van der Waals surface area contributed by atoms with E-state index in [9.17, 15) is 4.79 Å². The van der Waals surface area contributed by atoms with Crippen LogP contribution in [0.4, 0.5) is 17.3 Å². The molecular weight excluding hydrogens is 326 g/mol. The molecule has 0 bridgehead atoms. The number of hydrogen-bond donors (Lipinski definition) is 2. The highest BCUT2D eigenvalue weighted by atomic mass is 16.1. The van der Waals surface area contributed by atoms with E-state index < -0.39 is 0 Å². The lowest BCUT2D eigenvalue weighted by Gasteiger charge is -2.10. The first-order valence-electron chi connectivity index (χ1n) is 8.04. The molecule has 2 N–H and O–H groups in total. The Balaban J connectivity index is 1.79. The third-order valence-electron chi connectivity index (χ3n) is 3.78. The SMILES string of the molecule is Cc1ccc(C)c(Nc2nccc(C(=O)Nc3cccc(C#N)c3)n2)c1. The van der Waals surface area contributed by atoms with Crippen molar-refractivity contribution in [3.05, 3.63) is 77.1 Å². The molecule has 1 amide bonds. The Hall–Kier alpha value is -3.72. The molecule has 26 heavy (non-hydrogen) atoms.